The Morgan fingerprint density at radius 3 is 2.95 bits per heavy atom. The molecule has 1 N–H and O–H groups in total. The molecule has 0 aromatic heterocycles. The van der Waals surface area contributed by atoms with Gasteiger partial charge in [-0.1, -0.05) is 13.0 Å². The van der Waals surface area contributed by atoms with Gasteiger partial charge in [-0.25, -0.2) is 0 Å². The number of nitrogens with zero attached hydrogens (tertiary/aromatic N) is 1. The molecule has 5 nitrogen and oxygen atoms in total. The highest BCUT2D eigenvalue weighted by molar-refractivity contribution is 6.09. The molecular weight excluding hydrogens is 268 g/mol. The Labute approximate surface area is 125 Å². The van der Waals surface area contributed by atoms with E-state index in [0.717, 1.165) is 12.1 Å². The van der Waals surface area contributed by atoms with Crippen molar-refractivity contribution in [1.82, 2.24) is 5.32 Å². The smallest absolute Gasteiger partial charge is 0.239 e. The summed E-state index contributed by atoms with van der Waals surface area (Å²) in [5.74, 6) is -0.179. The van der Waals surface area contributed by atoms with E-state index < -0.39 is 5.92 Å². The summed E-state index contributed by atoms with van der Waals surface area (Å²) >= 11 is 0. The van der Waals surface area contributed by atoms with Crippen molar-refractivity contribution in [1.29, 1.82) is 0 Å². The van der Waals surface area contributed by atoms with Crippen LogP contribution in [0, 0.1) is 5.92 Å². The van der Waals surface area contributed by atoms with Gasteiger partial charge in [-0.3, -0.25) is 9.59 Å². The summed E-state index contributed by atoms with van der Waals surface area (Å²) in [5.41, 5.74) is 0.776. The van der Waals surface area contributed by atoms with Gasteiger partial charge in [0.15, 0.2) is 0 Å². The molecule has 2 rings (SSSR count). The zero-order chi connectivity index (χ0) is 15.4. The number of hydrogen-bond acceptors (Lipinski definition) is 3. The van der Waals surface area contributed by atoms with Gasteiger partial charge >= 0.3 is 0 Å². The normalized spacial score (nSPS) is 19.5. The van der Waals surface area contributed by atoms with Crippen molar-refractivity contribution in [3.63, 3.8) is 0 Å². The molecule has 0 saturated carbocycles. The number of amides is 2. The molecule has 1 aromatic rings. The molecule has 0 spiro atoms. The predicted octanol–water partition coefficient (Wildman–Crippen LogP) is 1.96. The molecule has 1 aromatic carbocycles. The molecule has 1 fully saturated rings. The third-order valence-corrected chi connectivity index (χ3v) is 3.89. The zero-order valence-electron chi connectivity index (χ0n) is 12.8. The largest absolute Gasteiger partial charge is 0.497 e. The first-order chi connectivity index (χ1) is 10.1. The van der Waals surface area contributed by atoms with E-state index in [1.54, 1.807) is 12.0 Å². The number of anilines is 1. The van der Waals surface area contributed by atoms with Crippen LogP contribution in [-0.4, -0.2) is 31.5 Å². The summed E-state index contributed by atoms with van der Waals surface area (Å²) in [6.45, 7) is 4.51. The van der Waals surface area contributed by atoms with Gasteiger partial charge in [0, 0.05) is 24.3 Å². The second-order valence-corrected chi connectivity index (χ2v) is 5.35. The SMILES string of the molecule is CC[C@H](C)NC(=O)[C@@H]1CCN(c2cccc(OC)c2)C1=O. The summed E-state index contributed by atoms with van der Waals surface area (Å²) in [4.78, 5) is 26.2. The summed E-state index contributed by atoms with van der Waals surface area (Å²) in [6, 6.07) is 7.43. The topological polar surface area (TPSA) is 58.6 Å². The fraction of sp³-hybridized carbons (Fsp3) is 0.500. The minimum atomic E-state index is -0.579. The lowest BCUT2D eigenvalue weighted by Crippen LogP contribution is -2.40. The molecular formula is C16H22N2O3. The van der Waals surface area contributed by atoms with Gasteiger partial charge in [0.25, 0.3) is 0 Å². The Bertz CT molecular complexity index is 530. The van der Waals surface area contributed by atoms with Crippen molar-refractivity contribution in [3.8, 4) is 5.75 Å². The van der Waals surface area contributed by atoms with Crippen LogP contribution < -0.4 is 15.0 Å². The first-order valence-electron chi connectivity index (χ1n) is 7.32. The molecule has 114 valence electrons. The van der Waals surface area contributed by atoms with E-state index in [0.29, 0.717) is 18.7 Å². The van der Waals surface area contributed by atoms with Crippen LogP contribution in [-0.2, 0) is 9.59 Å². The molecule has 1 saturated heterocycles. The van der Waals surface area contributed by atoms with Gasteiger partial charge in [-0.15, -0.1) is 0 Å². The maximum Gasteiger partial charge on any atom is 0.239 e. The predicted molar refractivity (Wildman–Crippen MR) is 81.3 cm³/mol. The van der Waals surface area contributed by atoms with Gasteiger partial charge in [0.1, 0.15) is 11.7 Å². The highest BCUT2D eigenvalue weighted by Gasteiger charge is 2.37. The van der Waals surface area contributed by atoms with E-state index in [2.05, 4.69) is 5.32 Å². The Kier molecular flexibility index (Phi) is 4.83. The highest BCUT2D eigenvalue weighted by Crippen LogP contribution is 2.28. The molecule has 0 bridgehead atoms. The summed E-state index contributed by atoms with van der Waals surface area (Å²) in [6.07, 6.45) is 1.41. The molecule has 0 aliphatic carbocycles. The minimum absolute atomic E-state index is 0.0937. The molecule has 1 aliphatic heterocycles. The zero-order valence-corrected chi connectivity index (χ0v) is 12.8. The van der Waals surface area contributed by atoms with E-state index in [4.69, 9.17) is 4.74 Å². The fourth-order valence-corrected chi connectivity index (χ4v) is 2.40. The number of hydrogen-bond donors (Lipinski definition) is 1. The third kappa shape index (κ3) is 3.35. The van der Waals surface area contributed by atoms with E-state index in [1.807, 2.05) is 38.1 Å². The average molecular weight is 290 g/mol. The second kappa shape index (κ2) is 6.61. The van der Waals surface area contributed by atoms with Gasteiger partial charge in [-0.05, 0) is 31.9 Å². The fourth-order valence-electron chi connectivity index (χ4n) is 2.40. The monoisotopic (exact) mass is 290 g/mol. The number of benzene rings is 1. The maximum absolute atomic E-state index is 12.4. The number of rotatable bonds is 5. The Balaban J connectivity index is 2.09. The van der Waals surface area contributed by atoms with Crippen molar-refractivity contribution in [3.05, 3.63) is 24.3 Å². The first kappa shape index (κ1) is 15.4. The summed E-state index contributed by atoms with van der Waals surface area (Å²) < 4.78 is 5.17. The minimum Gasteiger partial charge on any atom is -0.497 e. The van der Waals surface area contributed by atoms with Crippen LogP contribution in [0.1, 0.15) is 26.7 Å². The van der Waals surface area contributed by atoms with Crippen molar-refractivity contribution in [2.75, 3.05) is 18.6 Å². The summed E-state index contributed by atoms with van der Waals surface area (Å²) in [5, 5.41) is 2.89. The molecule has 1 heterocycles. The molecule has 0 radical (unpaired) electrons. The molecule has 21 heavy (non-hydrogen) atoms. The number of ether oxygens (including phenoxy) is 1. The third-order valence-electron chi connectivity index (χ3n) is 3.89. The second-order valence-electron chi connectivity index (χ2n) is 5.35. The molecule has 5 heteroatoms. The first-order valence-corrected chi connectivity index (χ1v) is 7.32. The summed E-state index contributed by atoms with van der Waals surface area (Å²) in [7, 11) is 1.59. The Hall–Kier alpha value is -2.04. The van der Waals surface area contributed by atoms with Crippen LogP contribution in [0.4, 0.5) is 5.69 Å². The number of carbonyl (C=O) groups is 2. The molecule has 2 amide bonds. The lowest BCUT2D eigenvalue weighted by atomic mass is 10.1. The van der Waals surface area contributed by atoms with Crippen molar-refractivity contribution < 1.29 is 14.3 Å². The van der Waals surface area contributed by atoms with Gasteiger partial charge in [0.05, 0.1) is 7.11 Å². The highest BCUT2D eigenvalue weighted by atomic mass is 16.5. The van der Waals surface area contributed by atoms with Crippen LogP contribution in [0.3, 0.4) is 0 Å². The van der Waals surface area contributed by atoms with Gasteiger partial charge < -0.3 is 15.0 Å². The molecule has 2 atom stereocenters. The molecule has 0 unspecified atom stereocenters. The van der Waals surface area contributed by atoms with Crippen LogP contribution >= 0.6 is 0 Å². The van der Waals surface area contributed by atoms with Crippen LogP contribution in [0.5, 0.6) is 5.75 Å². The number of nitrogens with one attached hydrogen (secondary N) is 1. The quantitative estimate of drug-likeness (QED) is 0.843. The van der Waals surface area contributed by atoms with Crippen molar-refractivity contribution in [2.24, 2.45) is 5.92 Å². The number of carbonyl (C=O) groups excluding carboxylic acids is 2. The Morgan fingerprint density at radius 2 is 2.29 bits per heavy atom. The van der Waals surface area contributed by atoms with Gasteiger partial charge in [0.2, 0.25) is 11.8 Å². The van der Waals surface area contributed by atoms with E-state index in [1.165, 1.54) is 0 Å². The van der Waals surface area contributed by atoms with Crippen molar-refractivity contribution in [2.45, 2.75) is 32.7 Å². The maximum atomic E-state index is 12.4. The average Bonchev–Trinajstić information content (AvgIpc) is 2.88. The standard InChI is InChI=1S/C16H22N2O3/c1-4-11(2)17-15(19)14-8-9-18(16(14)20)12-6-5-7-13(10-12)21-3/h5-7,10-11,14H,4,8-9H2,1-3H3,(H,17,19)/t11-,14-/m0/s1. The van der Waals surface area contributed by atoms with Crippen molar-refractivity contribution >= 4 is 17.5 Å². The van der Waals surface area contributed by atoms with E-state index in [-0.39, 0.29) is 17.9 Å². The number of methoxy groups -OCH3 is 1. The van der Waals surface area contributed by atoms with Gasteiger partial charge in [-0.2, -0.15) is 0 Å². The lowest BCUT2D eigenvalue weighted by molar-refractivity contribution is -0.132. The van der Waals surface area contributed by atoms with Crippen LogP contribution in [0.25, 0.3) is 0 Å². The lowest BCUT2D eigenvalue weighted by Gasteiger charge is -2.18. The van der Waals surface area contributed by atoms with Crippen LogP contribution in [0.15, 0.2) is 24.3 Å². The van der Waals surface area contributed by atoms with Crippen LogP contribution in [0.2, 0.25) is 0 Å². The Morgan fingerprint density at radius 1 is 1.52 bits per heavy atom. The van der Waals surface area contributed by atoms with E-state index >= 15 is 0 Å². The molecule has 1 aliphatic rings. The van der Waals surface area contributed by atoms with E-state index in [9.17, 15) is 9.59 Å².